The summed E-state index contributed by atoms with van der Waals surface area (Å²) in [6.07, 6.45) is -3.17. The smallest absolute Gasteiger partial charge is 0.433 e. The first-order valence-electron chi connectivity index (χ1n) is 7.85. The monoisotopic (exact) mass is 409 g/mol. The number of thiazole rings is 1. The van der Waals surface area contributed by atoms with E-state index in [0.29, 0.717) is 10.4 Å². The first kappa shape index (κ1) is 19.5. The van der Waals surface area contributed by atoms with Crippen LogP contribution in [0.4, 0.5) is 13.2 Å². The second kappa shape index (κ2) is 7.80. The first-order valence-corrected chi connectivity index (χ1v) is 8.73. The number of nitrogens with one attached hydrogen (secondary N) is 1. The number of aromatic nitrogens is 3. The largest absolute Gasteiger partial charge is 0.497 e. The molecule has 146 valence electrons. The van der Waals surface area contributed by atoms with Crippen LogP contribution < -0.4 is 10.2 Å². The van der Waals surface area contributed by atoms with Gasteiger partial charge < -0.3 is 4.74 Å². The van der Waals surface area contributed by atoms with E-state index >= 15 is 0 Å². The van der Waals surface area contributed by atoms with Gasteiger partial charge in [0.2, 0.25) is 5.13 Å². The molecule has 0 aliphatic carbocycles. The molecule has 0 saturated carbocycles. The summed E-state index contributed by atoms with van der Waals surface area (Å²) in [4.78, 5) is 16.0. The molecule has 3 aromatic rings. The fourth-order valence-corrected chi connectivity index (χ4v) is 2.99. The molecule has 0 radical (unpaired) electrons. The SMILES string of the molecule is COc1ccc(C=NNC(=O)c2csc(-n3nc(C)cc3C(F)(F)F)n2)cc1. The highest BCUT2D eigenvalue weighted by Crippen LogP contribution is 2.32. The standard InChI is InChI=1S/C17H14F3N5O2S/c1-10-7-14(17(18,19)20)25(24-10)16-22-13(9-28-16)15(26)23-21-8-11-3-5-12(27-2)6-4-11/h3-9H,1-2H3,(H,23,26). The van der Waals surface area contributed by atoms with Gasteiger partial charge in [0.05, 0.1) is 19.0 Å². The zero-order valence-electron chi connectivity index (χ0n) is 14.7. The summed E-state index contributed by atoms with van der Waals surface area (Å²) >= 11 is 0.871. The van der Waals surface area contributed by atoms with Gasteiger partial charge in [0.15, 0.2) is 5.69 Å². The minimum absolute atomic E-state index is 0.0619. The fraction of sp³-hybridized carbons (Fsp3) is 0.176. The molecule has 0 fully saturated rings. The highest BCUT2D eigenvalue weighted by atomic mass is 32.1. The van der Waals surface area contributed by atoms with Crippen LogP contribution in [-0.2, 0) is 6.18 Å². The Hall–Kier alpha value is -3.21. The summed E-state index contributed by atoms with van der Waals surface area (Å²) < 4.78 is 45.0. The predicted octanol–water partition coefficient (Wildman–Crippen LogP) is 3.43. The number of hydrazone groups is 1. The van der Waals surface area contributed by atoms with E-state index in [4.69, 9.17) is 4.74 Å². The van der Waals surface area contributed by atoms with Crippen LogP contribution in [0.2, 0.25) is 0 Å². The second-order valence-corrected chi connectivity index (χ2v) is 6.40. The number of carbonyl (C=O) groups excluding carboxylic acids is 1. The number of alkyl halides is 3. The maximum absolute atomic E-state index is 13.1. The van der Waals surface area contributed by atoms with Crippen LogP contribution in [0.3, 0.4) is 0 Å². The number of benzene rings is 1. The van der Waals surface area contributed by atoms with Crippen molar-refractivity contribution in [2.45, 2.75) is 13.1 Å². The number of rotatable bonds is 5. The van der Waals surface area contributed by atoms with Crippen molar-refractivity contribution in [3.05, 3.63) is 58.4 Å². The van der Waals surface area contributed by atoms with Crippen molar-refractivity contribution >= 4 is 23.5 Å². The molecule has 1 aromatic carbocycles. The molecule has 0 bridgehead atoms. The van der Waals surface area contributed by atoms with Crippen LogP contribution in [0.1, 0.15) is 27.4 Å². The maximum Gasteiger partial charge on any atom is 0.433 e. The molecule has 0 aliphatic rings. The molecule has 0 saturated heterocycles. The van der Waals surface area contributed by atoms with E-state index in [1.54, 1.807) is 31.4 Å². The lowest BCUT2D eigenvalue weighted by Crippen LogP contribution is -2.18. The Morgan fingerprint density at radius 1 is 1.32 bits per heavy atom. The van der Waals surface area contributed by atoms with Crippen molar-refractivity contribution < 1.29 is 22.7 Å². The lowest BCUT2D eigenvalue weighted by atomic mass is 10.2. The number of carbonyl (C=O) groups is 1. The molecule has 0 aliphatic heterocycles. The number of amides is 1. The van der Waals surface area contributed by atoms with Crippen LogP contribution in [0.25, 0.3) is 5.13 Å². The van der Waals surface area contributed by atoms with Crippen molar-refractivity contribution in [2.75, 3.05) is 7.11 Å². The third-order valence-corrected chi connectivity index (χ3v) is 4.34. The number of ether oxygens (including phenoxy) is 1. The number of methoxy groups -OCH3 is 1. The van der Waals surface area contributed by atoms with Gasteiger partial charge in [-0.15, -0.1) is 11.3 Å². The number of halogens is 3. The van der Waals surface area contributed by atoms with Crippen molar-refractivity contribution in [1.82, 2.24) is 20.2 Å². The summed E-state index contributed by atoms with van der Waals surface area (Å²) in [7, 11) is 1.55. The summed E-state index contributed by atoms with van der Waals surface area (Å²) in [6.45, 7) is 1.45. The van der Waals surface area contributed by atoms with E-state index in [0.717, 1.165) is 23.0 Å². The molecule has 2 heterocycles. The van der Waals surface area contributed by atoms with E-state index in [1.807, 2.05) is 0 Å². The molecule has 7 nitrogen and oxygen atoms in total. The molecule has 1 N–H and O–H groups in total. The van der Waals surface area contributed by atoms with E-state index in [2.05, 4.69) is 20.6 Å². The maximum atomic E-state index is 13.1. The molecule has 28 heavy (non-hydrogen) atoms. The third kappa shape index (κ3) is 4.36. The molecule has 0 unspecified atom stereocenters. The minimum atomic E-state index is -4.59. The summed E-state index contributed by atoms with van der Waals surface area (Å²) in [5.41, 5.74) is 2.18. The summed E-state index contributed by atoms with van der Waals surface area (Å²) in [5, 5.41) is 8.90. The Kier molecular flexibility index (Phi) is 5.45. The second-order valence-electron chi connectivity index (χ2n) is 5.57. The number of hydrogen-bond donors (Lipinski definition) is 1. The Morgan fingerprint density at radius 3 is 2.68 bits per heavy atom. The van der Waals surface area contributed by atoms with Crippen molar-refractivity contribution in [1.29, 1.82) is 0 Å². The Balaban J connectivity index is 1.71. The van der Waals surface area contributed by atoms with Crippen molar-refractivity contribution in [3.8, 4) is 10.9 Å². The third-order valence-electron chi connectivity index (χ3n) is 3.52. The van der Waals surface area contributed by atoms with Crippen LogP contribution in [0.15, 0.2) is 40.8 Å². The Morgan fingerprint density at radius 2 is 2.04 bits per heavy atom. The van der Waals surface area contributed by atoms with Crippen LogP contribution in [0.5, 0.6) is 5.75 Å². The van der Waals surface area contributed by atoms with E-state index in [1.165, 1.54) is 18.5 Å². The van der Waals surface area contributed by atoms with Crippen LogP contribution in [-0.4, -0.2) is 34.0 Å². The van der Waals surface area contributed by atoms with Crippen molar-refractivity contribution in [2.24, 2.45) is 5.10 Å². The molecular weight excluding hydrogens is 395 g/mol. The summed E-state index contributed by atoms with van der Waals surface area (Å²) in [6, 6.07) is 7.88. The molecule has 11 heteroatoms. The van der Waals surface area contributed by atoms with E-state index in [-0.39, 0.29) is 16.5 Å². The average Bonchev–Trinajstić information content (AvgIpc) is 3.28. The highest BCUT2D eigenvalue weighted by molar-refractivity contribution is 7.12. The average molecular weight is 409 g/mol. The van der Waals surface area contributed by atoms with Crippen LogP contribution >= 0.6 is 11.3 Å². The number of hydrogen-bond acceptors (Lipinski definition) is 6. The van der Waals surface area contributed by atoms with E-state index in [9.17, 15) is 18.0 Å². The number of aryl methyl sites for hydroxylation is 1. The van der Waals surface area contributed by atoms with Crippen molar-refractivity contribution in [3.63, 3.8) is 0 Å². The lowest BCUT2D eigenvalue weighted by Gasteiger charge is -2.07. The zero-order valence-corrected chi connectivity index (χ0v) is 15.5. The van der Waals surface area contributed by atoms with Gasteiger partial charge in [-0.05, 0) is 42.8 Å². The number of nitrogens with zero attached hydrogens (tertiary/aromatic N) is 4. The van der Waals surface area contributed by atoms with Gasteiger partial charge in [-0.2, -0.15) is 23.4 Å². The Bertz CT molecular complexity index is 1010. The fourth-order valence-electron chi connectivity index (χ4n) is 2.23. The van der Waals surface area contributed by atoms with Gasteiger partial charge in [-0.1, -0.05) is 0 Å². The van der Waals surface area contributed by atoms with E-state index < -0.39 is 17.8 Å². The van der Waals surface area contributed by atoms with Crippen LogP contribution in [0, 0.1) is 6.92 Å². The normalized spacial score (nSPS) is 11.8. The Labute approximate surface area is 161 Å². The lowest BCUT2D eigenvalue weighted by molar-refractivity contribution is -0.142. The van der Waals surface area contributed by atoms with Gasteiger partial charge in [0.25, 0.3) is 5.91 Å². The quantitative estimate of drug-likeness (QED) is 0.517. The minimum Gasteiger partial charge on any atom is -0.497 e. The zero-order chi connectivity index (χ0) is 20.3. The van der Waals surface area contributed by atoms with Gasteiger partial charge in [0, 0.05) is 5.38 Å². The molecule has 3 rings (SSSR count). The van der Waals surface area contributed by atoms with Gasteiger partial charge in [-0.25, -0.2) is 15.1 Å². The summed E-state index contributed by atoms with van der Waals surface area (Å²) in [5.74, 6) is 0.0352. The first-order chi connectivity index (χ1) is 13.3. The molecular formula is C17H14F3N5O2S. The van der Waals surface area contributed by atoms with Gasteiger partial charge >= 0.3 is 6.18 Å². The topological polar surface area (TPSA) is 81.4 Å². The molecule has 1 amide bonds. The highest BCUT2D eigenvalue weighted by Gasteiger charge is 2.36. The molecule has 2 aromatic heterocycles. The molecule has 0 spiro atoms. The predicted molar refractivity (Wildman–Crippen MR) is 97.0 cm³/mol. The molecule has 0 atom stereocenters. The van der Waals surface area contributed by atoms with Gasteiger partial charge in [-0.3, -0.25) is 4.79 Å². The van der Waals surface area contributed by atoms with Gasteiger partial charge in [0.1, 0.15) is 11.4 Å².